The average molecular weight is 364 g/mol. The fraction of sp³-hybridized carbons (Fsp3) is 0.474. The van der Waals surface area contributed by atoms with Crippen molar-refractivity contribution in [3.05, 3.63) is 29.2 Å². The van der Waals surface area contributed by atoms with Crippen molar-refractivity contribution in [2.24, 2.45) is 0 Å². The third-order valence-corrected chi connectivity index (χ3v) is 4.41. The maximum atomic E-state index is 14.8. The molecule has 1 aromatic heterocycles. The number of hydrogen-bond donors (Lipinski definition) is 0. The molecule has 0 spiro atoms. The Morgan fingerprint density at radius 1 is 1.23 bits per heavy atom. The zero-order chi connectivity index (χ0) is 19.4. The van der Waals surface area contributed by atoms with Crippen molar-refractivity contribution in [1.29, 1.82) is 0 Å². The topological polar surface area (TPSA) is 60.8 Å². The molecule has 0 unspecified atom stereocenters. The second-order valence-corrected chi connectivity index (χ2v) is 6.26. The van der Waals surface area contributed by atoms with Gasteiger partial charge in [-0.1, -0.05) is 0 Å². The molecule has 0 N–H and O–H groups in total. The third-order valence-electron chi connectivity index (χ3n) is 4.41. The van der Waals surface area contributed by atoms with E-state index in [9.17, 15) is 14.0 Å². The van der Waals surface area contributed by atoms with Crippen LogP contribution in [0.25, 0.3) is 10.9 Å². The number of hydrogen-bond acceptors (Lipinski definition) is 4. The van der Waals surface area contributed by atoms with Crippen molar-refractivity contribution in [1.82, 2.24) is 9.47 Å². The minimum absolute atomic E-state index is 0.0809. The van der Waals surface area contributed by atoms with Crippen molar-refractivity contribution >= 4 is 22.8 Å². The lowest BCUT2D eigenvalue weighted by Gasteiger charge is -2.14. The summed E-state index contributed by atoms with van der Waals surface area (Å²) in [7, 11) is 6.19. The second kappa shape index (κ2) is 8.21. The Bertz CT molecular complexity index is 827. The van der Waals surface area contributed by atoms with Crippen molar-refractivity contribution in [3.63, 3.8) is 0 Å². The molecule has 7 heteroatoms. The number of carbonyl (C=O) groups is 2. The molecule has 1 amide bonds. The van der Waals surface area contributed by atoms with E-state index >= 15 is 0 Å². The van der Waals surface area contributed by atoms with Gasteiger partial charge in [-0.25, -0.2) is 4.39 Å². The quantitative estimate of drug-likeness (QED) is 0.709. The standard InChI is InChI=1S/C19H25FN2O4/c1-6-22-11-13(10-15(23)21(2)3)17-18(22)14(20)9-12(19(17)26-5)7-8-16(24)25-4/h9,11H,6-8,10H2,1-5H3. The SMILES string of the molecule is CCn1cc(CC(=O)N(C)C)c2c(OC)c(CCC(=O)OC)cc(F)c21. The molecule has 6 nitrogen and oxygen atoms in total. The van der Waals surface area contributed by atoms with Gasteiger partial charge in [-0.15, -0.1) is 0 Å². The first-order chi connectivity index (χ1) is 12.3. The Labute approximate surface area is 152 Å². The van der Waals surface area contributed by atoms with Crippen LogP contribution in [0.4, 0.5) is 4.39 Å². The van der Waals surface area contributed by atoms with Crippen LogP contribution >= 0.6 is 0 Å². The number of amides is 1. The predicted octanol–water partition coefficient (Wildman–Crippen LogP) is 2.55. The van der Waals surface area contributed by atoms with Crippen molar-refractivity contribution < 1.29 is 23.5 Å². The normalized spacial score (nSPS) is 10.8. The van der Waals surface area contributed by atoms with Crippen LogP contribution in [0.1, 0.15) is 24.5 Å². The fourth-order valence-corrected chi connectivity index (χ4v) is 3.03. The smallest absolute Gasteiger partial charge is 0.305 e. The van der Waals surface area contributed by atoms with E-state index in [1.807, 2.05) is 6.92 Å². The Kier molecular flexibility index (Phi) is 6.23. The highest BCUT2D eigenvalue weighted by molar-refractivity contribution is 5.95. The first-order valence-electron chi connectivity index (χ1n) is 8.48. The summed E-state index contributed by atoms with van der Waals surface area (Å²) in [6.45, 7) is 2.47. The molecule has 2 aromatic rings. The maximum absolute atomic E-state index is 14.8. The van der Waals surface area contributed by atoms with Crippen LogP contribution in [0.15, 0.2) is 12.3 Å². The lowest BCUT2D eigenvalue weighted by atomic mass is 10.0. The molecule has 0 aliphatic heterocycles. The van der Waals surface area contributed by atoms with Gasteiger partial charge < -0.3 is 18.9 Å². The summed E-state index contributed by atoms with van der Waals surface area (Å²) in [4.78, 5) is 25.2. The summed E-state index contributed by atoms with van der Waals surface area (Å²) >= 11 is 0. The number of esters is 1. The number of methoxy groups -OCH3 is 2. The van der Waals surface area contributed by atoms with E-state index in [0.717, 1.165) is 0 Å². The number of benzene rings is 1. The van der Waals surface area contributed by atoms with E-state index in [2.05, 4.69) is 4.74 Å². The van der Waals surface area contributed by atoms with Crippen LogP contribution in [-0.2, 0) is 33.7 Å². The van der Waals surface area contributed by atoms with E-state index in [4.69, 9.17) is 4.74 Å². The number of rotatable bonds is 7. The molecule has 0 saturated heterocycles. The number of aromatic nitrogens is 1. The first kappa shape index (κ1) is 19.8. The van der Waals surface area contributed by atoms with Gasteiger partial charge in [0.2, 0.25) is 5.91 Å². The van der Waals surface area contributed by atoms with Gasteiger partial charge in [0, 0.05) is 38.6 Å². The molecular formula is C19H25FN2O4. The molecule has 0 aliphatic carbocycles. The van der Waals surface area contributed by atoms with Gasteiger partial charge in [0.05, 0.1) is 26.2 Å². The lowest BCUT2D eigenvalue weighted by molar-refractivity contribution is -0.140. The van der Waals surface area contributed by atoms with Gasteiger partial charge >= 0.3 is 5.97 Å². The first-order valence-corrected chi connectivity index (χ1v) is 8.48. The molecule has 0 atom stereocenters. The minimum Gasteiger partial charge on any atom is -0.496 e. The van der Waals surface area contributed by atoms with E-state index in [-0.39, 0.29) is 24.7 Å². The number of likely N-dealkylation sites (N-methyl/N-ethyl adjacent to an activating group) is 1. The zero-order valence-electron chi connectivity index (χ0n) is 15.9. The molecule has 26 heavy (non-hydrogen) atoms. The summed E-state index contributed by atoms with van der Waals surface area (Å²) < 4.78 is 26.8. The van der Waals surface area contributed by atoms with Gasteiger partial charge in [0.1, 0.15) is 11.6 Å². The zero-order valence-corrected chi connectivity index (χ0v) is 15.9. The van der Waals surface area contributed by atoms with Crippen LogP contribution in [0.2, 0.25) is 0 Å². The van der Waals surface area contributed by atoms with Gasteiger partial charge in [-0.05, 0) is 30.5 Å². The summed E-state index contributed by atoms with van der Waals surface area (Å²) in [5.41, 5.74) is 1.69. The predicted molar refractivity (Wildman–Crippen MR) is 96.9 cm³/mol. The van der Waals surface area contributed by atoms with Gasteiger partial charge in [-0.3, -0.25) is 9.59 Å². The minimum atomic E-state index is -0.397. The molecule has 1 heterocycles. The van der Waals surface area contributed by atoms with Crippen LogP contribution in [-0.4, -0.2) is 49.7 Å². The fourth-order valence-electron chi connectivity index (χ4n) is 3.03. The molecule has 0 aliphatic rings. The number of nitrogens with zero attached hydrogens (tertiary/aromatic N) is 2. The highest BCUT2D eigenvalue weighted by Crippen LogP contribution is 2.37. The summed E-state index contributed by atoms with van der Waals surface area (Å²) in [6.07, 6.45) is 2.36. The van der Waals surface area contributed by atoms with Crippen molar-refractivity contribution in [2.45, 2.75) is 32.7 Å². The van der Waals surface area contributed by atoms with E-state index < -0.39 is 5.82 Å². The molecule has 2 rings (SSSR count). The number of ether oxygens (including phenoxy) is 2. The van der Waals surface area contributed by atoms with E-state index in [0.29, 0.717) is 40.7 Å². The number of fused-ring (bicyclic) bond motifs is 1. The van der Waals surface area contributed by atoms with E-state index in [1.54, 1.807) is 24.9 Å². The highest BCUT2D eigenvalue weighted by Gasteiger charge is 2.22. The van der Waals surface area contributed by atoms with Gasteiger partial charge in [0.25, 0.3) is 0 Å². The van der Waals surface area contributed by atoms with Gasteiger partial charge in [0.15, 0.2) is 0 Å². The third kappa shape index (κ3) is 3.81. The van der Waals surface area contributed by atoms with Crippen LogP contribution in [0, 0.1) is 5.82 Å². The van der Waals surface area contributed by atoms with Crippen LogP contribution < -0.4 is 4.74 Å². The molecule has 0 radical (unpaired) electrons. The highest BCUT2D eigenvalue weighted by atomic mass is 19.1. The maximum Gasteiger partial charge on any atom is 0.305 e. The summed E-state index contributed by atoms with van der Waals surface area (Å²) in [6, 6.07) is 1.40. The molecule has 1 aromatic carbocycles. The van der Waals surface area contributed by atoms with Gasteiger partial charge in [-0.2, -0.15) is 0 Å². The van der Waals surface area contributed by atoms with Crippen LogP contribution in [0.5, 0.6) is 5.75 Å². The van der Waals surface area contributed by atoms with Crippen molar-refractivity contribution in [2.75, 3.05) is 28.3 Å². The Balaban J connectivity index is 2.63. The number of halogens is 1. The molecular weight excluding hydrogens is 339 g/mol. The van der Waals surface area contributed by atoms with Crippen LogP contribution in [0.3, 0.4) is 0 Å². The largest absolute Gasteiger partial charge is 0.496 e. The Morgan fingerprint density at radius 3 is 2.46 bits per heavy atom. The summed E-state index contributed by atoms with van der Waals surface area (Å²) in [5, 5.41) is 0.587. The Hall–Kier alpha value is -2.57. The monoisotopic (exact) mass is 364 g/mol. The average Bonchev–Trinajstić information content (AvgIpc) is 2.98. The molecule has 142 valence electrons. The number of carbonyl (C=O) groups excluding carboxylic acids is 2. The lowest BCUT2D eigenvalue weighted by Crippen LogP contribution is -2.23. The summed E-state index contributed by atoms with van der Waals surface area (Å²) in [5.74, 6) is -0.352. The molecule has 0 fully saturated rings. The molecule has 0 bridgehead atoms. The number of aryl methyl sites for hydroxylation is 2. The van der Waals surface area contributed by atoms with E-state index in [1.165, 1.54) is 25.2 Å². The Morgan fingerprint density at radius 2 is 1.92 bits per heavy atom. The second-order valence-electron chi connectivity index (χ2n) is 6.26. The molecule has 0 saturated carbocycles. The van der Waals surface area contributed by atoms with Crippen molar-refractivity contribution in [3.8, 4) is 5.75 Å².